The topological polar surface area (TPSA) is 46.5 Å². The van der Waals surface area contributed by atoms with E-state index in [4.69, 9.17) is 4.74 Å². The molecule has 1 unspecified atom stereocenters. The Morgan fingerprint density at radius 1 is 0.647 bits per heavy atom. The molecule has 0 aromatic heterocycles. The summed E-state index contributed by atoms with van der Waals surface area (Å²) in [5.41, 5.74) is 0.516. The molecule has 1 aromatic carbocycles. The second-order valence-electron chi connectivity index (χ2n) is 10.2. The summed E-state index contributed by atoms with van der Waals surface area (Å²) in [5.74, 6) is 0.365. The number of phenolic OH excluding ortho intramolecular Hbond substituents is 1. The van der Waals surface area contributed by atoms with Crippen molar-refractivity contribution >= 4 is 5.97 Å². The van der Waals surface area contributed by atoms with E-state index in [0.29, 0.717) is 18.1 Å². The van der Waals surface area contributed by atoms with E-state index >= 15 is 0 Å². The Kier molecular flexibility index (Phi) is 19.7. The van der Waals surface area contributed by atoms with Gasteiger partial charge in [-0.15, -0.1) is 0 Å². The predicted molar refractivity (Wildman–Crippen MR) is 146 cm³/mol. The molecule has 1 N–H and O–H groups in total. The number of benzene rings is 1. The van der Waals surface area contributed by atoms with Gasteiger partial charge in [-0.2, -0.15) is 0 Å². The Morgan fingerprint density at radius 3 is 1.44 bits per heavy atom. The van der Waals surface area contributed by atoms with Gasteiger partial charge in [-0.25, -0.2) is 4.79 Å². The molecule has 0 aliphatic carbocycles. The van der Waals surface area contributed by atoms with E-state index in [1.807, 2.05) is 0 Å². The molecule has 0 spiro atoms. The standard InChI is InChI=1S/C31H54O3/c1-3-5-7-9-11-13-14-16-18-20-22-28(21-19-17-15-12-10-8-6-4-2)27-34-31(33)29-23-25-30(32)26-24-29/h23-26,28,32H,3-22,27H2,1-2H3. The number of unbranched alkanes of at least 4 members (excludes halogenated alkanes) is 16. The van der Waals surface area contributed by atoms with Crippen LogP contribution < -0.4 is 0 Å². The third-order valence-electron chi connectivity index (χ3n) is 6.98. The number of carbonyl (C=O) groups is 1. The van der Waals surface area contributed by atoms with Crippen LogP contribution in [-0.2, 0) is 4.74 Å². The molecular weight excluding hydrogens is 420 g/mol. The maximum atomic E-state index is 12.4. The van der Waals surface area contributed by atoms with E-state index in [2.05, 4.69) is 13.8 Å². The maximum absolute atomic E-state index is 12.4. The third kappa shape index (κ3) is 17.0. The number of carbonyl (C=O) groups excluding carboxylic acids is 1. The molecule has 1 rings (SSSR count). The minimum atomic E-state index is -0.274. The lowest BCUT2D eigenvalue weighted by Gasteiger charge is -2.17. The molecular formula is C31H54O3. The van der Waals surface area contributed by atoms with E-state index in [0.717, 1.165) is 12.8 Å². The molecule has 0 radical (unpaired) electrons. The first-order valence-electron chi connectivity index (χ1n) is 14.6. The number of hydrogen-bond donors (Lipinski definition) is 1. The molecule has 3 nitrogen and oxygen atoms in total. The fraction of sp³-hybridized carbons (Fsp3) is 0.774. The zero-order chi connectivity index (χ0) is 24.7. The van der Waals surface area contributed by atoms with E-state index in [-0.39, 0.29) is 11.7 Å². The van der Waals surface area contributed by atoms with Crippen LogP contribution in [0.2, 0.25) is 0 Å². The van der Waals surface area contributed by atoms with Gasteiger partial charge in [0, 0.05) is 0 Å². The predicted octanol–water partition coefficient (Wildman–Crippen LogP) is 10.0. The highest BCUT2D eigenvalue weighted by atomic mass is 16.5. The van der Waals surface area contributed by atoms with Gasteiger partial charge in [-0.1, -0.05) is 129 Å². The zero-order valence-electron chi connectivity index (χ0n) is 22.5. The number of hydrogen-bond acceptors (Lipinski definition) is 3. The normalized spacial score (nSPS) is 12.1. The summed E-state index contributed by atoms with van der Waals surface area (Å²) in [6.45, 7) is 5.06. The Balaban J connectivity index is 2.27. The number of aromatic hydroxyl groups is 1. The van der Waals surface area contributed by atoms with Gasteiger partial charge in [0.25, 0.3) is 0 Å². The van der Waals surface area contributed by atoms with Gasteiger partial charge in [0.1, 0.15) is 5.75 Å². The van der Waals surface area contributed by atoms with Gasteiger partial charge in [0.2, 0.25) is 0 Å². The van der Waals surface area contributed by atoms with Crippen molar-refractivity contribution in [2.24, 2.45) is 5.92 Å². The summed E-state index contributed by atoms with van der Waals surface area (Å²) in [5, 5.41) is 9.43. The Morgan fingerprint density at radius 2 is 1.03 bits per heavy atom. The zero-order valence-corrected chi connectivity index (χ0v) is 22.5. The summed E-state index contributed by atoms with van der Waals surface area (Å²) in [6.07, 6.45) is 26.5. The third-order valence-corrected chi connectivity index (χ3v) is 6.98. The highest BCUT2D eigenvalue weighted by Crippen LogP contribution is 2.21. The van der Waals surface area contributed by atoms with Crippen LogP contribution >= 0.6 is 0 Å². The Hall–Kier alpha value is -1.51. The highest BCUT2D eigenvalue weighted by molar-refractivity contribution is 5.89. The van der Waals surface area contributed by atoms with Gasteiger partial charge in [0.15, 0.2) is 0 Å². The van der Waals surface area contributed by atoms with Crippen LogP contribution in [0, 0.1) is 5.92 Å². The van der Waals surface area contributed by atoms with Crippen molar-refractivity contribution in [3.05, 3.63) is 29.8 Å². The number of phenols is 1. The van der Waals surface area contributed by atoms with Crippen molar-refractivity contribution in [1.82, 2.24) is 0 Å². The molecule has 0 saturated carbocycles. The van der Waals surface area contributed by atoms with Gasteiger partial charge in [-0.05, 0) is 43.0 Å². The second-order valence-corrected chi connectivity index (χ2v) is 10.2. The van der Waals surface area contributed by atoms with Crippen LogP contribution in [0.15, 0.2) is 24.3 Å². The SMILES string of the molecule is CCCCCCCCCCCCC(CCCCCCCCCC)COC(=O)c1ccc(O)cc1. The Bertz CT molecular complexity index is 581. The molecule has 0 fully saturated rings. The molecule has 0 aliphatic heterocycles. The van der Waals surface area contributed by atoms with Gasteiger partial charge < -0.3 is 9.84 Å². The van der Waals surface area contributed by atoms with Crippen molar-refractivity contribution in [3.63, 3.8) is 0 Å². The minimum absolute atomic E-state index is 0.171. The van der Waals surface area contributed by atoms with Crippen molar-refractivity contribution in [2.45, 2.75) is 142 Å². The average Bonchev–Trinajstić information content (AvgIpc) is 2.85. The summed E-state index contributed by atoms with van der Waals surface area (Å²) >= 11 is 0. The first-order valence-corrected chi connectivity index (χ1v) is 14.6. The van der Waals surface area contributed by atoms with Crippen LogP contribution in [0.5, 0.6) is 5.75 Å². The summed E-state index contributed by atoms with van der Waals surface area (Å²) in [4.78, 5) is 12.4. The number of rotatable bonds is 23. The van der Waals surface area contributed by atoms with E-state index < -0.39 is 0 Å². The van der Waals surface area contributed by atoms with Crippen molar-refractivity contribution in [3.8, 4) is 5.75 Å². The van der Waals surface area contributed by atoms with E-state index in [9.17, 15) is 9.90 Å². The summed E-state index contributed by atoms with van der Waals surface area (Å²) < 4.78 is 5.67. The van der Waals surface area contributed by atoms with Crippen LogP contribution in [0.25, 0.3) is 0 Å². The van der Waals surface area contributed by atoms with Crippen LogP contribution in [0.4, 0.5) is 0 Å². The van der Waals surface area contributed by atoms with Crippen molar-refractivity contribution < 1.29 is 14.6 Å². The summed E-state index contributed by atoms with van der Waals surface area (Å²) in [7, 11) is 0. The number of ether oxygens (including phenoxy) is 1. The lowest BCUT2D eigenvalue weighted by Crippen LogP contribution is -2.15. The highest BCUT2D eigenvalue weighted by Gasteiger charge is 2.13. The largest absolute Gasteiger partial charge is 0.508 e. The van der Waals surface area contributed by atoms with Crippen molar-refractivity contribution in [1.29, 1.82) is 0 Å². The molecule has 1 atom stereocenters. The average molecular weight is 475 g/mol. The molecule has 34 heavy (non-hydrogen) atoms. The van der Waals surface area contributed by atoms with Gasteiger partial charge in [-0.3, -0.25) is 0 Å². The number of esters is 1. The first-order chi connectivity index (χ1) is 16.7. The molecule has 1 aromatic rings. The van der Waals surface area contributed by atoms with Crippen LogP contribution in [0.3, 0.4) is 0 Å². The quantitative estimate of drug-likeness (QED) is 0.127. The molecule has 196 valence electrons. The van der Waals surface area contributed by atoms with Gasteiger partial charge >= 0.3 is 5.97 Å². The first kappa shape index (κ1) is 30.5. The maximum Gasteiger partial charge on any atom is 0.338 e. The fourth-order valence-corrected chi connectivity index (χ4v) is 4.67. The molecule has 3 heteroatoms. The fourth-order valence-electron chi connectivity index (χ4n) is 4.67. The van der Waals surface area contributed by atoms with E-state index in [1.165, 1.54) is 116 Å². The monoisotopic (exact) mass is 474 g/mol. The Labute approximate surface area is 211 Å². The smallest absolute Gasteiger partial charge is 0.338 e. The second kappa shape index (κ2) is 22.0. The molecule has 0 amide bonds. The minimum Gasteiger partial charge on any atom is -0.508 e. The summed E-state index contributed by atoms with van der Waals surface area (Å²) in [6, 6.07) is 6.34. The van der Waals surface area contributed by atoms with Crippen LogP contribution in [0.1, 0.15) is 153 Å². The van der Waals surface area contributed by atoms with E-state index in [1.54, 1.807) is 24.3 Å². The van der Waals surface area contributed by atoms with Crippen molar-refractivity contribution in [2.75, 3.05) is 6.61 Å². The molecule has 0 aliphatic rings. The molecule has 0 saturated heterocycles. The lowest BCUT2D eigenvalue weighted by molar-refractivity contribution is 0.0422. The van der Waals surface area contributed by atoms with Gasteiger partial charge in [0.05, 0.1) is 12.2 Å². The molecule has 0 heterocycles. The molecule has 0 bridgehead atoms. The van der Waals surface area contributed by atoms with Crippen LogP contribution in [-0.4, -0.2) is 17.7 Å². The lowest BCUT2D eigenvalue weighted by atomic mass is 9.94.